The van der Waals surface area contributed by atoms with Gasteiger partial charge in [-0.05, 0) is 37.1 Å². The molecule has 2 amide bonds. The van der Waals surface area contributed by atoms with Gasteiger partial charge in [-0.3, -0.25) is 9.59 Å². The molecule has 0 saturated carbocycles. The molecule has 0 atom stereocenters. The molecule has 0 fully saturated rings. The average Bonchev–Trinajstić information content (AvgIpc) is 3.01. The fourth-order valence-electron chi connectivity index (χ4n) is 2.22. The van der Waals surface area contributed by atoms with Gasteiger partial charge in [0.1, 0.15) is 0 Å². The Hall–Kier alpha value is -3.09. The summed E-state index contributed by atoms with van der Waals surface area (Å²) in [6.45, 7) is 2.65. The molecule has 0 saturated heterocycles. The van der Waals surface area contributed by atoms with Crippen LogP contribution in [0.3, 0.4) is 0 Å². The summed E-state index contributed by atoms with van der Waals surface area (Å²) >= 11 is 0. The van der Waals surface area contributed by atoms with E-state index in [-0.39, 0.29) is 23.8 Å². The first-order valence-corrected chi connectivity index (χ1v) is 7.88. The normalized spacial score (nSPS) is 10.3. The molecule has 0 radical (unpaired) electrons. The third kappa shape index (κ3) is 5.49. The Morgan fingerprint density at radius 3 is 2.32 bits per heavy atom. The summed E-state index contributed by atoms with van der Waals surface area (Å²) < 4.78 is 5.09. The van der Waals surface area contributed by atoms with Crippen LogP contribution in [0.2, 0.25) is 0 Å². The second-order valence-electron chi connectivity index (χ2n) is 5.57. The van der Waals surface area contributed by atoms with Crippen molar-refractivity contribution in [3.8, 4) is 0 Å². The molecule has 7 nitrogen and oxygen atoms in total. The van der Waals surface area contributed by atoms with Crippen LogP contribution >= 0.6 is 0 Å². The van der Waals surface area contributed by atoms with Gasteiger partial charge in [0.2, 0.25) is 5.91 Å². The lowest BCUT2D eigenvalue weighted by Gasteiger charge is -2.07. The lowest BCUT2D eigenvalue weighted by molar-refractivity contribution is -0.120. The SMILES string of the molecule is Cc1ccoc1C(=O)NCCCNC(=O)Cc1ccc(C(=O)O)cc1. The second-order valence-corrected chi connectivity index (χ2v) is 5.57. The minimum absolute atomic E-state index is 0.156. The number of carboxylic acids is 1. The molecule has 1 heterocycles. The van der Waals surface area contributed by atoms with E-state index < -0.39 is 5.97 Å². The van der Waals surface area contributed by atoms with E-state index in [0.29, 0.717) is 25.3 Å². The quantitative estimate of drug-likeness (QED) is 0.632. The summed E-state index contributed by atoms with van der Waals surface area (Å²) in [7, 11) is 0. The Morgan fingerprint density at radius 2 is 1.72 bits per heavy atom. The van der Waals surface area contributed by atoms with Gasteiger partial charge in [-0.25, -0.2) is 4.79 Å². The largest absolute Gasteiger partial charge is 0.478 e. The van der Waals surface area contributed by atoms with Crippen LogP contribution in [0.15, 0.2) is 41.0 Å². The van der Waals surface area contributed by atoms with E-state index in [2.05, 4.69) is 10.6 Å². The number of carbonyl (C=O) groups excluding carboxylic acids is 2. The minimum atomic E-state index is -0.997. The highest BCUT2D eigenvalue weighted by Crippen LogP contribution is 2.08. The van der Waals surface area contributed by atoms with Crippen molar-refractivity contribution in [3.63, 3.8) is 0 Å². The molecule has 1 aromatic heterocycles. The smallest absolute Gasteiger partial charge is 0.335 e. The lowest BCUT2D eigenvalue weighted by Crippen LogP contribution is -2.30. The molecular weight excluding hydrogens is 324 g/mol. The van der Waals surface area contributed by atoms with Crippen molar-refractivity contribution in [1.82, 2.24) is 10.6 Å². The summed E-state index contributed by atoms with van der Waals surface area (Å²) in [5.41, 5.74) is 1.70. The molecule has 2 aromatic rings. The molecule has 0 aliphatic heterocycles. The number of carbonyl (C=O) groups is 3. The second kappa shape index (κ2) is 8.68. The van der Waals surface area contributed by atoms with Gasteiger partial charge >= 0.3 is 5.97 Å². The van der Waals surface area contributed by atoms with Crippen molar-refractivity contribution in [2.45, 2.75) is 19.8 Å². The third-order valence-corrected chi connectivity index (χ3v) is 3.60. The Morgan fingerprint density at radius 1 is 1.04 bits per heavy atom. The zero-order valence-corrected chi connectivity index (χ0v) is 13.9. The predicted octanol–water partition coefficient (Wildman–Crippen LogP) is 1.77. The maximum Gasteiger partial charge on any atom is 0.335 e. The zero-order valence-electron chi connectivity index (χ0n) is 13.9. The first-order valence-electron chi connectivity index (χ1n) is 7.88. The van der Waals surface area contributed by atoms with Crippen molar-refractivity contribution < 1.29 is 23.9 Å². The number of rotatable bonds is 8. The molecule has 2 rings (SSSR count). The average molecular weight is 344 g/mol. The van der Waals surface area contributed by atoms with Crippen molar-refractivity contribution in [3.05, 3.63) is 59.0 Å². The fourth-order valence-corrected chi connectivity index (χ4v) is 2.22. The highest BCUT2D eigenvalue weighted by atomic mass is 16.4. The molecule has 0 spiro atoms. The number of benzene rings is 1. The van der Waals surface area contributed by atoms with E-state index in [1.165, 1.54) is 18.4 Å². The van der Waals surface area contributed by atoms with Gasteiger partial charge in [-0.15, -0.1) is 0 Å². The van der Waals surface area contributed by atoms with Gasteiger partial charge in [0.25, 0.3) is 5.91 Å². The van der Waals surface area contributed by atoms with Crippen molar-refractivity contribution in [2.24, 2.45) is 0 Å². The highest BCUT2D eigenvalue weighted by Gasteiger charge is 2.11. The van der Waals surface area contributed by atoms with Gasteiger partial charge in [-0.1, -0.05) is 12.1 Å². The zero-order chi connectivity index (χ0) is 18.2. The number of amides is 2. The number of aryl methyl sites for hydroxylation is 1. The number of nitrogens with one attached hydrogen (secondary N) is 2. The Bertz CT molecular complexity index is 749. The highest BCUT2D eigenvalue weighted by molar-refractivity contribution is 5.92. The van der Waals surface area contributed by atoms with E-state index in [1.54, 1.807) is 25.1 Å². The van der Waals surface area contributed by atoms with Crippen molar-refractivity contribution in [2.75, 3.05) is 13.1 Å². The van der Waals surface area contributed by atoms with Crippen molar-refractivity contribution >= 4 is 17.8 Å². The molecule has 3 N–H and O–H groups in total. The monoisotopic (exact) mass is 344 g/mol. The van der Waals surface area contributed by atoms with Crippen LogP contribution in [0, 0.1) is 6.92 Å². The molecule has 1 aromatic carbocycles. The number of aromatic carboxylic acids is 1. The molecule has 0 aliphatic rings. The van der Waals surface area contributed by atoms with Crippen LogP contribution in [0.4, 0.5) is 0 Å². The predicted molar refractivity (Wildman–Crippen MR) is 90.5 cm³/mol. The van der Waals surface area contributed by atoms with Crippen LogP contribution in [-0.2, 0) is 11.2 Å². The molecule has 0 aliphatic carbocycles. The van der Waals surface area contributed by atoms with Crippen molar-refractivity contribution in [1.29, 1.82) is 0 Å². The number of hydrogen-bond acceptors (Lipinski definition) is 4. The number of hydrogen-bond donors (Lipinski definition) is 3. The van der Waals surface area contributed by atoms with E-state index in [9.17, 15) is 14.4 Å². The van der Waals surface area contributed by atoms with E-state index in [0.717, 1.165) is 11.1 Å². The summed E-state index contributed by atoms with van der Waals surface area (Å²) in [6, 6.07) is 7.90. The van der Waals surface area contributed by atoms with Gasteiger partial charge in [0.15, 0.2) is 5.76 Å². The maximum atomic E-state index is 11.8. The summed E-state index contributed by atoms with van der Waals surface area (Å²) in [5, 5.41) is 14.3. The lowest BCUT2D eigenvalue weighted by atomic mass is 10.1. The van der Waals surface area contributed by atoms with Gasteiger partial charge < -0.3 is 20.2 Å². The van der Waals surface area contributed by atoms with Crippen LogP contribution in [0.25, 0.3) is 0 Å². The molecule has 132 valence electrons. The summed E-state index contributed by atoms with van der Waals surface area (Å²) in [6.07, 6.45) is 2.24. The molecular formula is C18H20N2O5. The van der Waals surface area contributed by atoms with E-state index in [1.807, 2.05) is 0 Å². The number of carboxylic acid groups (broad SMARTS) is 1. The maximum absolute atomic E-state index is 11.8. The first kappa shape index (κ1) is 18.3. The standard InChI is InChI=1S/C18H20N2O5/c1-12-7-10-25-16(12)17(22)20-9-2-8-19-15(21)11-13-3-5-14(6-4-13)18(23)24/h3-7,10H,2,8-9,11H2,1H3,(H,19,21)(H,20,22)(H,23,24). The Labute approximate surface area is 145 Å². The topological polar surface area (TPSA) is 109 Å². The van der Waals surface area contributed by atoms with Crippen LogP contribution in [0.5, 0.6) is 0 Å². The molecule has 7 heteroatoms. The van der Waals surface area contributed by atoms with E-state index >= 15 is 0 Å². The summed E-state index contributed by atoms with van der Waals surface area (Å²) in [5.74, 6) is -1.12. The van der Waals surface area contributed by atoms with Crippen LogP contribution < -0.4 is 10.6 Å². The van der Waals surface area contributed by atoms with Gasteiger partial charge in [0.05, 0.1) is 18.2 Å². The first-order chi connectivity index (χ1) is 12.0. The Balaban J connectivity index is 1.64. The molecule has 25 heavy (non-hydrogen) atoms. The van der Waals surface area contributed by atoms with Crippen LogP contribution in [0.1, 0.15) is 38.5 Å². The summed E-state index contributed by atoms with van der Waals surface area (Å²) in [4.78, 5) is 34.4. The third-order valence-electron chi connectivity index (χ3n) is 3.60. The fraction of sp³-hybridized carbons (Fsp3) is 0.278. The Kier molecular flexibility index (Phi) is 6.33. The van der Waals surface area contributed by atoms with Gasteiger partial charge in [0, 0.05) is 18.7 Å². The minimum Gasteiger partial charge on any atom is -0.478 e. The molecule has 0 bridgehead atoms. The van der Waals surface area contributed by atoms with Crippen LogP contribution in [-0.4, -0.2) is 36.0 Å². The molecule has 0 unspecified atom stereocenters. The van der Waals surface area contributed by atoms with E-state index in [4.69, 9.17) is 9.52 Å². The number of furan rings is 1. The van der Waals surface area contributed by atoms with Gasteiger partial charge in [-0.2, -0.15) is 0 Å².